The molecule has 0 radical (unpaired) electrons. The summed E-state index contributed by atoms with van der Waals surface area (Å²) >= 11 is 0. The van der Waals surface area contributed by atoms with Gasteiger partial charge in [-0.15, -0.1) is 0 Å². The molecule has 0 bridgehead atoms. The molecule has 1 rings (SSSR count). The third-order valence-corrected chi connectivity index (χ3v) is 2.96. The largest absolute Gasteiger partial charge is 0.481 e. The van der Waals surface area contributed by atoms with Gasteiger partial charge in [-0.05, 0) is 37.3 Å². The van der Waals surface area contributed by atoms with E-state index < -0.39 is 5.97 Å². The summed E-state index contributed by atoms with van der Waals surface area (Å²) < 4.78 is 0. The van der Waals surface area contributed by atoms with Crippen LogP contribution in [0, 0.1) is 17.8 Å². The molecule has 0 amide bonds. The lowest BCUT2D eigenvalue weighted by Gasteiger charge is -2.34. The van der Waals surface area contributed by atoms with Gasteiger partial charge in [-0.3, -0.25) is 4.79 Å². The molecule has 0 aromatic carbocycles. The lowest BCUT2D eigenvalue weighted by Crippen LogP contribution is -2.39. The molecule has 1 saturated heterocycles. The van der Waals surface area contributed by atoms with E-state index in [1.807, 2.05) is 0 Å². The lowest BCUT2D eigenvalue weighted by molar-refractivity contribution is -0.138. The number of carboxylic acid groups (broad SMARTS) is 1. The Morgan fingerprint density at radius 1 is 1.62 bits per heavy atom. The Morgan fingerprint density at radius 2 is 2.31 bits per heavy atom. The summed E-state index contributed by atoms with van der Waals surface area (Å²) in [7, 11) is 0. The summed E-state index contributed by atoms with van der Waals surface area (Å²) in [6.45, 7) is 6.28. The van der Waals surface area contributed by atoms with E-state index in [-0.39, 0.29) is 0 Å². The van der Waals surface area contributed by atoms with Crippen LogP contribution >= 0.6 is 0 Å². The maximum atomic E-state index is 10.6. The fourth-order valence-electron chi connectivity index (χ4n) is 2.27. The number of hydrogen-bond acceptors (Lipinski definition) is 2. The van der Waals surface area contributed by atoms with Gasteiger partial charge in [0.1, 0.15) is 0 Å². The van der Waals surface area contributed by atoms with E-state index in [2.05, 4.69) is 19.2 Å². The fraction of sp³-hybridized carbons (Fsp3) is 0.900. The molecule has 13 heavy (non-hydrogen) atoms. The van der Waals surface area contributed by atoms with E-state index in [4.69, 9.17) is 5.11 Å². The SMILES string of the molecule is CC(C)C1CCNCC1CC(=O)O. The maximum absolute atomic E-state index is 10.6. The highest BCUT2D eigenvalue weighted by molar-refractivity contribution is 5.67. The number of nitrogens with one attached hydrogen (secondary N) is 1. The van der Waals surface area contributed by atoms with Crippen LogP contribution in [0.2, 0.25) is 0 Å². The van der Waals surface area contributed by atoms with Gasteiger partial charge in [-0.2, -0.15) is 0 Å². The molecule has 0 aromatic heterocycles. The maximum Gasteiger partial charge on any atom is 0.303 e. The molecule has 2 unspecified atom stereocenters. The van der Waals surface area contributed by atoms with Gasteiger partial charge in [0.15, 0.2) is 0 Å². The normalized spacial score (nSPS) is 29.2. The quantitative estimate of drug-likeness (QED) is 0.697. The van der Waals surface area contributed by atoms with Crippen LogP contribution < -0.4 is 5.32 Å². The Morgan fingerprint density at radius 3 is 2.85 bits per heavy atom. The molecular formula is C10H19NO2. The third kappa shape index (κ3) is 2.99. The minimum atomic E-state index is -0.667. The van der Waals surface area contributed by atoms with Gasteiger partial charge < -0.3 is 10.4 Å². The first-order valence-electron chi connectivity index (χ1n) is 5.03. The first-order valence-corrected chi connectivity index (χ1v) is 5.03. The first kappa shape index (κ1) is 10.5. The molecule has 1 heterocycles. The van der Waals surface area contributed by atoms with Gasteiger partial charge in [0.25, 0.3) is 0 Å². The molecule has 1 aliphatic rings. The molecule has 1 aliphatic heterocycles. The summed E-state index contributed by atoms with van der Waals surface area (Å²) in [5, 5.41) is 12.0. The Kier molecular flexibility index (Phi) is 3.72. The predicted octanol–water partition coefficient (Wildman–Crippen LogP) is 1.34. The average molecular weight is 185 g/mol. The van der Waals surface area contributed by atoms with Crippen LogP contribution in [0.15, 0.2) is 0 Å². The van der Waals surface area contributed by atoms with E-state index in [0.29, 0.717) is 24.2 Å². The van der Waals surface area contributed by atoms with E-state index in [1.54, 1.807) is 0 Å². The van der Waals surface area contributed by atoms with E-state index >= 15 is 0 Å². The Hall–Kier alpha value is -0.570. The van der Waals surface area contributed by atoms with Crippen molar-refractivity contribution in [1.29, 1.82) is 0 Å². The standard InChI is InChI=1S/C10H19NO2/c1-7(2)9-3-4-11-6-8(9)5-10(12)13/h7-9,11H,3-6H2,1-2H3,(H,12,13). The zero-order valence-electron chi connectivity index (χ0n) is 8.42. The summed E-state index contributed by atoms with van der Waals surface area (Å²) in [6, 6.07) is 0. The second-order valence-corrected chi connectivity index (χ2v) is 4.26. The molecule has 0 saturated carbocycles. The molecule has 0 aromatic rings. The number of carboxylic acids is 1. The zero-order valence-corrected chi connectivity index (χ0v) is 8.42. The average Bonchev–Trinajstić information content (AvgIpc) is 2.03. The fourth-order valence-corrected chi connectivity index (χ4v) is 2.27. The second kappa shape index (κ2) is 4.61. The highest BCUT2D eigenvalue weighted by atomic mass is 16.4. The van der Waals surface area contributed by atoms with Crippen LogP contribution in [0.25, 0.3) is 0 Å². The number of hydrogen-bond donors (Lipinski definition) is 2. The molecule has 3 nitrogen and oxygen atoms in total. The van der Waals surface area contributed by atoms with Crippen LogP contribution in [-0.4, -0.2) is 24.2 Å². The summed E-state index contributed by atoms with van der Waals surface area (Å²) in [6.07, 6.45) is 1.44. The van der Waals surface area contributed by atoms with Gasteiger partial charge in [-0.1, -0.05) is 13.8 Å². The minimum absolute atomic E-state index is 0.315. The van der Waals surface area contributed by atoms with E-state index in [0.717, 1.165) is 19.5 Å². The van der Waals surface area contributed by atoms with Crippen molar-refractivity contribution in [2.45, 2.75) is 26.7 Å². The van der Waals surface area contributed by atoms with E-state index in [9.17, 15) is 4.79 Å². The molecule has 1 fully saturated rings. The van der Waals surface area contributed by atoms with Crippen molar-refractivity contribution >= 4 is 5.97 Å². The number of rotatable bonds is 3. The number of aliphatic carboxylic acids is 1. The Bertz CT molecular complexity index is 180. The predicted molar refractivity (Wildman–Crippen MR) is 51.6 cm³/mol. The van der Waals surface area contributed by atoms with Gasteiger partial charge in [-0.25, -0.2) is 0 Å². The molecule has 0 aliphatic carbocycles. The third-order valence-electron chi connectivity index (χ3n) is 2.96. The lowest BCUT2D eigenvalue weighted by atomic mass is 9.77. The smallest absolute Gasteiger partial charge is 0.303 e. The molecule has 3 heteroatoms. The summed E-state index contributed by atoms with van der Waals surface area (Å²) in [5.41, 5.74) is 0. The van der Waals surface area contributed by atoms with Gasteiger partial charge in [0, 0.05) is 6.42 Å². The van der Waals surface area contributed by atoms with Crippen LogP contribution in [0.3, 0.4) is 0 Å². The second-order valence-electron chi connectivity index (χ2n) is 4.26. The van der Waals surface area contributed by atoms with Crippen molar-refractivity contribution in [3.8, 4) is 0 Å². The summed E-state index contributed by atoms with van der Waals surface area (Å²) in [4.78, 5) is 10.6. The number of piperidine rings is 1. The highest BCUT2D eigenvalue weighted by Crippen LogP contribution is 2.28. The Balaban J connectivity index is 2.51. The monoisotopic (exact) mass is 185 g/mol. The topological polar surface area (TPSA) is 49.3 Å². The van der Waals surface area contributed by atoms with Crippen LogP contribution in [0.5, 0.6) is 0 Å². The first-order chi connectivity index (χ1) is 6.11. The molecule has 0 spiro atoms. The van der Waals surface area contributed by atoms with Gasteiger partial charge in [0.2, 0.25) is 0 Å². The van der Waals surface area contributed by atoms with Crippen LogP contribution in [0.1, 0.15) is 26.7 Å². The van der Waals surface area contributed by atoms with E-state index in [1.165, 1.54) is 0 Å². The molecule has 76 valence electrons. The van der Waals surface area contributed by atoms with Crippen molar-refractivity contribution in [2.24, 2.45) is 17.8 Å². The zero-order chi connectivity index (χ0) is 9.84. The van der Waals surface area contributed by atoms with Crippen molar-refractivity contribution in [3.63, 3.8) is 0 Å². The minimum Gasteiger partial charge on any atom is -0.481 e. The van der Waals surface area contributed by atoms with Crippen molar-refractivity contribution in [3.05, 3.63) is 0 Å². The van der Waals surface area contributed by atoms with Crippen LogP contribution in [-0.2, 0) is 4.79 Å². The molecule has 2 N–H and O–H groups in total. The van der Waals surface area contributed by atoms with Crippen molar-refractivity contribution < 1.29 is 9.90 Å². The van der Waals surface area contributed by atoms with Gasteiger partial charge >= 0.3 is 5.97 Å². The molecule has 2 atom stereocenters. The van der Waals surface area contributed by atoms with Crippen molar-refractivity contribution in [1.82, 2.24) is 5.32 Å². The van der Waals surface area contributed by atoms with Gasteiger partial charge in [0.05, 0.1) is 0 Å². The van der Waals surface area contributed by atoms with Crippen molar-refractivity contribution in [2.75, 3.05) is 13.1 Å². The number of carbonyl (C=O) groups is 1. The van der Waals surface area contributed by atoms with Crippen LogP contribution in [0.4, 0.5) is 0 Å². The summed E-state index contributed by atoms with van der Waals surface area (Å²) in [5.74, 6) is 0.842. The molecular weight excluding hydrogens is 166 g/mol. The highest BCUT2D eigenvalue weighted by Gasteiger charge is 2.28. The Labute approximate surface area is 79.5 Å².